The molecule has 0 saturated heterocycles. The first-order chi connectivity index (χ1) is 9.56. The summed E-state index contributed by atoms with van der Waals surface area (Å²) in [6.07, 6.45) is 0. The molecule has 0 atom stereocenters. The molecule has 4 heteroatoms. The molecule has 0 aliphatic rings. The number of aromatic nitrogens is 2. The van der Waals surface area contributed by atoms with Gasteiger partial charge in [-0.3, -0.25) is 0 Å². The molecule has 2 aromatic carbocycles. The van der Waals surface area contributed by atoms with Crippen molar-refractivity contribution in [3.05, 3.63) is 53.3 Å². The van der Waals surface area contributed by atoms with Crippen molar-refractivity contribution in [2.24, 2.45) is 0 Å². The van der Waals surface area contributed by atoms with E-state index in [4.69, 9.17) is 5.73 Å². The van der Waals surface area contributed by atoms with Gasteiger partial charge in [-0.15, -0.1) is 0 Å². The Morgan fingerprint density at radius 1 is 1.00 bits per heavy atom. The molecule has 1 aromatic heterocycles. The van der Waals surface area contributed by atoms with Gasteiger partial charge in [0.25, 0.3) is 0 Å². The molecule has 3 aromatic rings. The number of hydrogen-bond acceptors (Lipinski definition) is 3. The van der Waals surface area contributed by atoms with Gasteiger partial charge in [0.05, 0.1) is 5.52 Å². The van der Waals surface area contributed by atoms with Gasteiger partial charge in [0.15, 0.2) is 5.82 Å². The second-order valence-electron chi connectivity index (χ2n) is 4.86. The van der Waals surface area contributed by atoms with Crippen molar-refractivity contribution >= 4 is 16.7 Å². The van der Waals surface area contributed by atoms with Crippen LogP contribution in [0, 0.1) is 19.7 Å². The van der Waals surface area contributed by atoms with E-state index in [1.54, 1.807) is 6.07 Å². The number of benzene rings is 2. The van der Waals surface area contributed by atoms with E-state index in [0.29, 0.717) is 17.2 Å². The molecule has 20 heavy (non-hydrogen) atoms. The summed E-state index contributed by atoms with van der Waals surface area (Å²) in [7, 11) is 0. The van der Waals surface area contributed by atoms with Crippen LogP contribution >= 0.6 is 0 Å². The molecule has 100 valence electrons. The second-order valence-corrected chi connectivity index (χ2v) is 4.86. The topological polar surface area (TPSA) is 51.8 Å². The smallest absolute Gasteiger partial charge is 0.162 e. The van der Waals surface area contributed by atoms with Crippen LogP contribution < -0.4 is 5.73 Å². The van der Waals surface area contributed by atoms with E-state index in [0.717, 1.165) is 22.0 Å². The summed E-state index contributed by atoms with van der Waals surface area (Å²) in [4.78, 5) is 8.85. The lowest BCUT2D eigenvalue weighted by Crippen LogP contribution is -2.00. The molecule has 0 aliphatic heterocycles. The Balaban J connectivity index is 2.30. The van der Waals surface area contributed by atoms with Gasteiger partial charge < -0.3 is 5.73 Å². The van der Waals surface area contributed by atoms with Gasteiger partial charge in [-0.25, -0.2) is 14.4 Å². The minimum absolute atomic E-state index is 0.308. The summed E-state index contributed by atoms with van der Waals surface area (Å²) in [5.74, 6) is 0.571. The Morgan fingerprint density at radius 3 is 2.60 bits per heavy atom. The number of nitrogens with zero attached hydrogens (tertiary/aromatic N) is 2. The monoisotopic (exact) mass is 267 g/mol. The number of aryl methyl sites for hydroxylation is 2. The highest BCUT2D eigenvalue weighted by molar-refractivity contribution is 5.92. The Labute approximate surface area is 116 Å². The third-order valence-electron chi connectivity index (χ3n) is 3.40. The average molecular weight is 267 g/mol. The maximum atomic E-state index is 13.4. The number of nitrogens with two attached hydrogens (primary N) is 1. The van der Waals surface area contributed by atoms with Gasteiger partial charge in [0, 0.05) is 10.9 Å². The standard InChI is InChI=1S/C16H14FN3/c1-9-6-7-11(17)8-12(9)16-19-13-5-3-4-10(2)14(13)15(18)20-16/h3-8H,1-2H3,(H2,18,19,20). The number of fused-ring (bicyclic) bond motifs is 1. The van der Waals surface area contributed by atoms with Crippen molar-refractivity contribution in [1.82, 2.24) is 9.97 Å². The van der Waals surface area contributed by atoms with Crippen LogP contribution in [0.3, 0.4) is 0 Å². The summed E-state index contributed by atoms with van der Waals surface area (Å²) < 4.78 is 13.4. The van der Waals surface area contributed by atoms with Crippen LogP contribution in [0.5, 0.6) is 0 Å². The highest BCUT2D eigenvalue weighted by Crippen LogP contribution is 2.27. The van der Waals surface area contributed by atoms with Crippen LogP contribution in [0.15, 0.2) is 36.4 Å². The van der Waals surface area contributed by atoms with Gasteiger partial charge in [-0.05, 0) is 43.2 Å². The van der Waals surface area contributed by atoms with Gasteiger partial charge in [0.1, 0.15) is 11.6 Å². The van der Waals surface area contributed by atoms with Crippen LogP contribution in [0.2, 0.25) is 0 Å². The minimum Gasteiger partial charge on any atom is -0.383 e. The Morgan fingerprint density at radius 2 is 1.80 bits per heavy atom. The van der Waals surface area contributed by atoms with Crippen molar-refractivity contribution < 1.29 is 4.39 Å². The Bertz CT molecular complexity index is 812. The highest BCUT2D eigenvalue weighted by atomic mass is 19.1. The molecule has 3 rings (SSSR count). The molecule has 0 aliphatic carbocycles. The average Bonchev–Trinajstić information content (AvgIpc) is 2.41. The third kappa shape index (κ3) is 1.99. The van der Waals surface area contributed by atoms with E-state index in [9.17, 15) is 4.39 Å². The lowest BCUT2D eigenvalue weighted by atomic mass is 10.1. The Kier molecular flexibility index (Phi) is 2.86. The molecule has 0 unspecified atom stereocenters. The zero-order valence-corrected chi connectivity index (χ0v) is 11.3. The van der Waals surface area contributed by atoms with Crippen LogP contribution in [0.4, 0.5) is 10.2 Å². The van der Waals surface area contributed by atoms with Crippen molar-refractivity contribution in [1.29, 1.82) is 0 Å². The molecule has 0 bridgehead atoms. The van der Waals surface area contributed by atoms with Crippen LogP contribution in [0.1, 0.15) is 11.1 Å². The second kappa shape index (κ2) is 4.56. The van der Waals surface area contributed by atoms with Crippen LogP contribution in [-0.2, 0) is 0 Å². The van der Waals surface area contributed by atoms with Gasteiger partial charge in [-0.2, -0.15) is 0 Å². The summed E-state index contributed by atoms with van der Waals surface area (Å²) in [5.41, 5.74) is 9.42. The van der Waals surface area contributed by atoms with E-state index < -0.39 is 0 Å². The number of hydrogen-bond donors (Lipinski definition) is 1. The van der Waals surface area contributed by atoms with Crippen LogP contribution in [0.25, 0.3) is 22.3 Å². The first kappa shape index (κ1) is 12.5. The third-order valence-corrected chi connectivity index (χ3v) is 3.40. The first-order valence-electron chi connectivity index (χ1n) is 6.35. The summed E-state index contributed by atoms with van der Waals surface area (Å²) in [6, 6.07) is 10.4. The van der Waals surface area contributed by atoms with Crippen molar-refractivity contribution in [3.63, 3.8) is 0 Å². The molecule has 0 saturated carbocycles. The molecular weight excluding hydrogens is 253 g/mol. The quantitative estimate of drug-likeness (QED) is 0.732. The fourth-order valence-corrected chi connectivity index (χ4v) is 2.34. The normalized spacial score (nSPS) is 10.9. The van der Waals surface area contributed by atoms with Gasteiger partial charge in [0.2, 0.25) is 0 Å². The SMILES string of the molecule is Cc1ccc(F)cc1-c1nc(N)c2c(C)cccc2n1. The van der Waals surface area contributed by atoms with Crippen molar-refractivity contribution in [2.45, 2.75) is 13.8 Å². The van der Waals surface area contributed by atoms with Crippen molar-refractivity contribution in [3.8, 4) is 11.4 Å². The summed E-state index contributed by atoms with van der Waals surface area (Å²) >= 11 is 0. The zero-order chi connectivity index (χ0) is 14.3. The Hall–Kier alpha value is -2.49. The lowest BCUT2D eigenvalue weighted by molar-refractivity contribution is 0.628. The van der Waals surface area contributed by atoms with Crippen LogP contribution in [-0.4, -0.2) is 9.97 Å². The minimum atomic E-state index is -0.308. The molecule has 1 heterocycles. The fourth-order valence-electron chi connectivity index (χ4n) is 2.34. The molecule has 3 nitrogen and oxygen atoms in total. The van der Waals surface area contributed by atoms with E-state index in [-0.39, 0.29) is 5.82 Å². The van der Waals surface area contributed by atoms with E-state index in [2.05, 4.69) is 9.97 Å². The first-order valence-corrected chi connectivity index (χ1v) is 6.35. The molecule has 2 N–H and O–H groups in total. The van der Waals surface area contributed by atoms with E-state index >= 15 is 0 Å². The molecule has 0 spiro atoms. The number of nitrogen functional groups attached to an aromatic ring is 1. The fraction of sp³-hybridized carbons (Fsp3) is 0.125. The maximum absolute atomic E-state index is 13.4. The predicted octanol–water partition coefficient (Wildman–Crippen LogP) is 3.63. The van der Waals surface area contributed by atoms with Gasteiger partial charge in [-0.1, -0.05) is 18.2 Å². The summed E-state index contributed by atoms with van der Waals surface area (Å²) in [5, 5.41) is 0.852. The van der Waals surface area contributed by atoms with E-state index in [1.807, 2.05) is 32.0 Å². The van der Waals surface area contributed by atoms with Crippen molar-refractivity contribution in [2.75, 3.05) is 5.73 Å². The maximum Gasteiger partial charge on any atom is 0.162 e. The number of rotatable bonds is 1. The molecule has 0 radical (unpaired) electrons. The lowest BCUT2D eigenvalue weighted by Gasteiger charge is -2.09. The molecule has 0 amide bonds. The highest BCUT2D eigenvalue weighted by Gasteiger charge is 2.11. The predicted molar refractivity (Wildman–Crippen MR) is 78.8 cm³/mol. The summed E-state index contributed by atoms with van der Waals surface area (Å²) in [6.45, 7) is 3.87. The number of anilines is 1. The molecule has 0 fully saturated rings. The molecular formula is C16H14FN3. The van der Waals surface area contributed by atoms with E-state index in [1.165, 1.54) is 12.1 Å². The number of halogens is 1. The van der Waals surface area contributed by atoms with Gasteiger partial charge >= 0.3 is 0 Å². The largest absolute Gasteiger partial charge is 0.383 e. The zero-order valence-electron chi connectivity index (χ0n) is 11.3.